The minimum absolute atomic E-state index is 0.103. The quantitative estimate of drug-likeness (QED) is 0.758. The molecule has 2 heterocycles. The lowest BCUT2D eigenvalue weighted by molar-refractivity contribution is 0.0764. The lowest BCUT2D eigenvalue weighted by Crippen LogP contribution is -2.36. The van der Waals surface area contributed by atoms with Crippen LogP contribution in [-0.2, 0) is 10.0 Å². The van der Waals surface area contributed by atoms with Gasteiger partial charge >= 0.3 is 0 Å². The van der Waals surface area contributed by atoms with Gasteiger partial charge < -0.3 is 4.90 Å². The molecule has 0 spiro atoms. The van der Waals surface area contributed by atoms with Crippen LogP contribution < -0.4 is 0 Å². The number of hydrogen-bond donors (Lipinski definition) is 0. The van der Waals surface area contributed by atoms with E-state index in [1.54, 1.807) is 29.2 Å². The number of carbonyl (C=O) groups is 1. The Hall–Kier alpha value is -2.33. The molecule has 0 bridgehead atoms. The van der Waals surface area contributed by atoms with Crippen molar-refractivity contribution in [2.24, 2.45) is 0 Å². The zero-order valence-electron chi connectivity index (χ0n) is 13.2. The van der Waals surface area contributed by atoms with Gasteiger partial charge in [0.1, 0.15) is 6.33 Å². The molecule has 2 aromatic rings. The first-order valence-electron chi connectivity index (χ1n) is 7.53. The molecule has 24 heavy (non-hydrogen) atoms. The maximum absolute atomic E-state index is 12.6. The first kappa shape index (κ1) is 16.5. The first-order chi connectivity index (χ1) is 11.4. The Balaban J connectivity index is 1.70. The van der Waals surface area contributed by atoms with Gasteiger partial charge in [0.25, 0.3) is 5.91 Å². The van der Waals surface area contributed by atoms with E-state index in [1.807, 2.05) is 0 Å². The highest BCUT2D eigenvalue weighted by Gasteiger charge is 2.24. The molecule has 0 unspecified atom stereocenters. The molecule has 0 radical (unpaired) electrons. The predicted molar refractivity (Wildman–Crippen MR) is 86.1 cm³/mol. The van der Waals surface area contributed by atoms with Gasteiger partial charge in [-0.2, -0.15) is 0 Å². The van der Waals surface area contributed by atoms with Crippen molar-refractivity contribution in [2.45, 2.75) is 6.42 Å². The molecule has 0 aliphatic carbocycles. The number of benzene rings is 1. The summed E-state index contributed by atoms with van der Waals surface area (Å²) in [5.41, 5.74) is 1.32. The summed E-state index contributed by atoms with van der Waals surface area (Å²) in [5, 5.41) is 10.9. The van der Waals surface area contributed by atoms with Crippen molar-refractivity contribution in [1.29, 1.82) is 0 Å². The molecular weight excluding hydrogens is 332 g/mol. The molecule has 1 saturated heterocycles. The van der Waals surface area contributed by atoms with Gasteiger partial charge in [-0.05, 0) is 41.1 Å². The van der Waals surface area contributed by atoms with E-state index >= 15 is 0 Å². The summed E-state index contributed by atoms with van der Waals surface area (Å²) in [6.45, 7) is 1.70. The van der Waals surface area contributed by atoms with Crippen molar-refractivity contribution in [2.75, 3.05) is 32.4 Å². The monoisotopic (exact) mass is 350 g/mol. The second-order valence-electron chi connectivity index (χ2n) is 5.61. The Morgan fingerprint density at radius 2 is 1.83 bits per heavy atom. The van der Waals surface area contributed by atoms with E-state index in [4.69, 9.17) is 0 Å². The number of carbonyl (C=O) groups excluding carboxylic acids is 1. The number of hydrogen-bond acceptors (Lipinski definition) is 6. The topological polar surface area (TPSA) is 101 Å². The zero-order chi connectivity index (χ0) is 17.2. The van der Waals surface area contributed by atoms with E-state index in [0.717, 1.165) is 5.69 Å². The molecular formula is C14H18N6O3S. The third kappa shape index (κ3) is 3.60. The van der Waals surface area contributed by atoms with E-state index in [9.17, 15) is 13.2 Å². The molecule has 10 heteroatoms. The summed E-state index contributed by atoms with van der Waals surface area (Å²) < 4.78 is 26.2. The Kier molecular flexibility index (Phi) is 4.58. The molecule has 9 nitrogen and oxygen atoms in total. The van der Waals surface area contributed by atoms with Crippen LogP contribution in [0.25, 0.3) is 5.69 Å². The molecule has 1 aromatic carbocycles. The molecule has 3 rings (SSSR count). The SMILES string of the molecule is CS(=O)(=O)N1CCCN(C(=O)c2ccc(-n3cnnn3)cc2)CC1. The molecule has 1 aliphatic rings. The van der Waals surface area contributed by atoms with Crippen LogP contribution in [0.2, 0.25) is 0 Å². The molecule has 1 aromatic heterocycles. The van der Waals surface area contributed by atoms with E-state index < -0.39 is 10.0 Å². The summed E-state index contributed by atoms with van der Waals surface area (Å²) in [6, 6.07) is 6.98. The van der Waals surface area contributed by atoms with Crippen molar-refractivity contribution in [3.8, 4) is 5.69 Å². The third-order valence-electron chi connectivity index (χ3n) is 3.94. The molecule has 1 amide bonds. The lowest BCUT2D eigenvalue weighted by Gasteiger charge is -2.21. The fraction of sp³-hybridized carbons (Fsp3) is 0.429. The number of nitrogens with zero attached hydrogens (tertiary/aromatic N) is 6. The minimum atomic E-state index is -3.22. The van der Waals surface area contributed by atoms with Crippen molar-refractivity contribution in [3.63, 3.8) is 0 Å². The highest BCUT2D eigenvalue weighted by molar-refractivity contribution is 7.88. The van der Waals surface area contributed by atoms with Crippen LogP contribution >= 0.6 is 0 Å². The molecule has 1 aliphatic heterocycles. The smallest absolute Gasteiger partial charge is 0.253 e. The van der Waals surface area contributed by atoms with Gasteiger partial charge in [0.2, 0.25) is 10.0 Å². The van der Waals surface area contributed by atoms with Crippen molar-refractivity contribution >= 4 is 15.9 Å². The van der Waals surface area contributed by atoms with E-state index in [0.29, 0.717) is 38.2 Å². The van der Waals surface area contributed by atoms with Crippen LogP contribution in [0.5, 0.6) is 0 Å². The standard InChI is InChI=1S/C14H18N6O3S/c1-24(22,23)19-8-2-7-18(9-10-19)14(21)12-3-5-13(6-4-12)20-11-15-16-17-20/h3-6,11H,2,7-10H2,1H3. The number of aromatic nitrogens is 4. The summed E-state index contributed by atoms with van der Waals surface area (Å²) in [7, 11) is -3.22. The third-order valence-corrected chi connectivity index (χ3v) is 5.24. The Bertz CT molecular complexity index is 804. The zero-order valence-corrected chi connectivity index (χ0v) is 14.1. The normalized spacial score (nSPS) is 16.8. The van der Waals surface area contributed by atoms with Gasteiger partial charge in [-0.1, -0.05) is 0 Å². The summed E-state index contributed by atoms with van der Waals surface area (Å²) in [6.07, 6.45) is 3.30. The van der Waals surface area contributed by atoms with Crippen LogP contribution in [0.3, 0.4) is 0 Å². The minimum Gasteiger partial charge on any atom is -0.337 e. The van der Waals surface area contributed by atoms with E-state index in [-0.39, 0.29) is 5.91 Å². The highest BCUT2D eigenvalue weighted by Crippen LogP contribution is 2.13. The largest absolute Gasteiger partial charge is 0.337 e. The maximum Gasteiger partial charge on any atom is 0.253 e. The molecule has 0 atom stereocenters. The van der Waals surface area contributed by atoms with Crippen LogP contribution in [0, 0.1) is 0 Å². The van der Waals surface area contributed by atoms with E-state index in [2.05, 4.69) is 15.5 Å². The lowest BCUT2D eigenvalue weighted by atomic mass is 10.1. The second-order valence-corrected chi connectivity index (χ2v) is 7.59. The Morgan fingerprint density at radius 1 is 1.08 bits per heavy atom. The fourth-order valence-corrected chi connectivity index (χ4v) is 3.52. The van der Waals surface area contributed by atoms with Crippen LogP contribution in [-0.4, -0.2) is 76.2 Å². The van der Waals surface area contributed by atoms with Crippen molar-refractivity contribution in [1.82, 2.24) is 29.4 Å². The van der Waals surface area contributed by atoms with E-state index in [1.165, 1.54) is 21.6 Å². The number of amides is 1. The number of rotatable bonds is 3. The van der Waals surface area contributed by atoms with Crippen LogP contribution in [0.1, 0.15) is 16.8 Å². The van der Waals surface area contributed by atoms with Crippen LogP contribution in [0.15, 0.2) is 30.6 Å². The molecule has 1 fully saturated rings. The summed E-state index contributed by atoms with van der Waals surface area (Å²) in [5.74, 6) is -0.103. The van der Waals surface area contributed by atoms with Gasteiger partial charge in [-0.3, -0.25) is 4.79 Å². The number of sulfonamides is 1. The highest BCUT2D eigenvalue weighted by atomic mass is 32.2. The average Bonchev–Trinajstić information content (AvgIpc) is 2.97. The van der Waals surface area contributed by atoms with Crippen molar-refractivity contribution in [3.05, 3.63) is 36.2 Å². The fourth-order valence-electron chi connectivity index (χ4n) is 2.65. The van der Waals surface area contributed by atoms with Gasteiger partial charge in [0, 0.05) is 31.7 Å². The first-order valence-corrected chi connectivity index (χ1v) is 9.38. The van der Waals surface area contributed by atoms with Gasteiger partial charge in [0.05, 0.1) is 11.9 Å². The molecule has 128 valence electrons. The summed E-state index contributed by atoms with van der Waals surface area (Å²) >= 11 is 0. The maximum atomic E-state index is 12.6. The predicted octanol–water partition coefficient (Wildman–Crippen LogP) is -0.230. The number of tetrazole rings is 1. The Morgan fingerprint density at radius 3 is 2.46 bits per heavy atom. The summed E-state index contributed by atoms with van der Waals surface area (Å²) in [4.78, 5) is 14.3. The van der Waals surface area contributed by atoms with Crippen LogP contribution in [0.4, 0.5) is 0 Å². The second kappa shape index (κ2) is 6.65. The Labute approximate surface area is 139 Å². The molecule has 0 N–H and O–H groups in total. The van der Waals surface area contributed by atoms with Gasteiger partial charge in [0.15, 0.2) is 0 Å². The van der Waals surface area contributed by atoms with Gasteiger partial charge in [-0.15, -0.1) is 5.10 Å². The average molecular weight is 350 g/mol. The molecule has 0 saturated carbocycles. The van der Waals surface area contributed by atoms with Crippen molar-refractivity contribution < 1.29 is 13.2 Å². The van der Waals surface area contributed by atoms with Gasteiger partial charge in [-0.25, -0.2) is 17.4 Å².